The Labute approximate surface area is 207 Å². The van der Waals surface area contributed by atoms with E-state index in [1.165, 1.54) is 50.0 Å². The van der Waals surface area contributed by atoms with Gasteiger partial charge in [-0.1, -0.05) is 13.1 Å². The van der Waals surface area contributed by atoms with E-state index in [9.17, 15) is 0 Å². The first-order valence-corrected chi connectivity index (χ1v) is 14.4. The molecular weight excluding hydrogens is 504 g/mol. The van der Waals surface area contributed by atoms with Gasteiger partial charge in [0.2, 0.25) is 0 Å². The van der Waals surface area contributed by atoms with Crippen molar-refractivity contribution < 1.29 is 49.5 Å². The van der Waals surface area contributed by atoms with Gasteiger partial charge >= 0.3 is 105 Å². The van der Waals surface area contributed by atoms with E-state index < -0.39 is 8.07 Å². The van der Waals surface area contributed by atoms with E-state index in [1.807, 2.05) is 0 Å². The number of fused-ring (bicyclic) bond motifs is 3. The average Bonchev–Trinajstić information content (AvgIpc) is 3.30. The minimum absolute atomic E-state index is 0. The molecule has 1 nitrogen and oxygen atoms in total. The summed E-state index contributed by atoms with van der Waals surface area (Å²) in [6, 6.07) is 13.2. The van der Waals surface area contributed by atoms with Crippen LogP contribution in [-0.4, -0.2) is 13.8 Å². The second kappa shape index (κ2) is 8.17. The minimum atomic E-state index is -1.15. The van der Waals surface area contributed by atoms with E-state index in [-0.39, 0.29) is 24.8 Å². The summed E-state index contributed by atoms with van der Waals surface area (Å²) in [5.74, 6) is 0. The van der Waals surface area contributed by atoms with Crippen LogP contribution in [0.3, 0.4) is 0 Å². The normalized spacial score (nSPS) is 21.4. The van der Waals surface area contributed by atoms with Crippen molar-refractivity contribution in [3.05, 3.63) is 86.4 Å². The molecular formula is C25H24Cl2NSiZr. The van der Waals surface area contributed by atoms with Crippen LogP contribution in [0.25, 0.3) is 16.8 Å². The van der Waals surface area contributed by atoms with Crippen molar-refractivity contribution in [1.29, 1.82) is 0 Å². The van der Waals surface area contributed by atoms with E-state index >= 15 is 0 Å². The van der Waals surface area contributed by atoms with E-state index in [1.54, 1.807) is 35.1 Å². The Kier molecular flexibility index (Phi) is 6.45. The first-order chi connectivity index (χ1) is 13.3. The van der Waals surface area contributed by atoms with Crippen LogP contribution in [-0.2, 0) is 24.7 Å². The Hall–Kier alpha value is -0.990. The van der Waals surface area contributed by atoms with Gasteiger partial charge in [0.15, 0.2) is 0 Å². The maximum absolute atomic E-state index is 4.62. The molecule has 1 unspecified atom stereocenters. The van der Waals surface area contributed by atoms with Gasteiger partial charge in [-0.05, 0) is 35.9 Å². The van der Waals surface area contributed by atoms with Crippen LogP contribution in [0.4, 0.5) is 0 Å². The van der Waals surface area contributed by atoms with Gasteiger partial charge in [0, 0.05) is 11.3 Å². The van der Waals surface area contributed by atoms with Gasteiger partial charge in [-0.25, -0.2) is 0 Å². The molecule has 2 aromatic carbocycles. The van der Waals surface area contributed by atoms with Crippen molar-refractivity contribution >= 4 is 30.6 Å². The molecule has 2 aromatic rings. The zero-order valence-electron chi connectivity index (χ0n) is 17.9. The van der Waals surface area contributed by atoms with E-state index in [0.717, 1.165) is 0 Å². The number of hydrogen-bond acceptors (Lipinski definition) is 1. The van der Waals surface area contributed by atoms with E-state index in [4.69, 9.17) is 0 Å². The molecule has 30 heavy (non-hydrogen) atoms. The van der Waals surface area contributed by atoms with Crippen molar-refractivity contribution in [1.82, 2.24) is 0 Å². The Morgan fingerprint density at radius 1 is 0.900 bits per heavy atom. The standard InChI is InChI=1S/C14H11.C11H13NSi.2ClH.Zr/c1-10-8-12-7-6-11-4-2-3-5-13(11)14(12)9-10;1-6-5-8-9(12-6)11-7(2)10(8)13(11,3)4;;;/h2-9H,1H3;5H,1-4H3;2*1H;/q;;;;+2/p-2. The summed E-state index contributed by atoms with van der Waals surface area (Å²) in [5.41, 5.74) is 9.98. The molecule has 0 N–H and O–H groups in total. The summed E-state index contributed by atoms with van der Waals surface area (Å²) in [6.45, 7) is 11.4. The predicted molar refractivity (Wildman–Crippen MR) is 119 cm³/mol. The van der Waals surface area contributed by atoms with Gasteiger partial charge in [0.05, 0.1) is 5.70 Å². The summed E-state index contributed by atoms with van der Waals surface area (Å²) in [7, 11) is -1.15. The second-order valence-corrected chi connectivity index (χ2v) is 14.4. The van der Waals surface area contributed by atoms with Gasteiger partial charge in [-0.15, -0.1) is 0 Å². The molecule has 0 saturated carbocycles. The minimum Gasteiger partial charge on any atom is -1.00 e. The predicted octanol–water partition coefficient (Wildman–Crippen LogP) is 0.624. The van der Waals surface area contributed by atoms with Gasteiger partial charge < -0.3 is 24.8 Å². The fraction of sp³-hybridized carbons (Fsp3) is 0.240. The van der Waals surface area contributed by atoms with E-state index in [0.29, 0.717) is 3.63 Å². The van der Waals surface area contributed by atoms with Crippen molar-refractivity contribution in [3.8, 4) is 0 Å². The third kappa shape index (κ3) is 3.25. The third-order valence-corrected chi connectivity index (χ3v) is 12.2. The average molecular weight is 529 g/mol. The summed E-state index contributed by atoms with van der Waals surface area (Å²) in [5, 5.41) is 6.04. The number of rotatable bonds is 0. The van der Waals surface area contributed by atoms with Crippen molar-refractivity contribution in [2.24, 2.45) is 4.99 Å². The van der Waals surface area contributed by atoms with Crippen LogP contribution in [0, 0.1) is 0 Å². The van der Waals surface area contributed by atoms with Crippen LogP contribution in [0.1, 0.15) is 35.5 Å². The first-order valence-electron chi connectivity index (χ1n) is 9.96. The fourth-order valence-corrected chi connectivity index (χ4v) is 10.0. The van der Waals surface area contributed by atoms with Gasteiger partial charge in [0.25, 0.3) is 0 Å². The second-order valence-electron chi connectivity index (χ2n) is 8.77. The molecule has 2 bridgehead atoms. The van der Waals surface area contributed by atoms with Gasteiger partial charge in [-0.2, -0.15) is 0 Å². The Balaban J connectivity index is 0.000000161. The topological polar surface area (TPSA) is 12.4 Å². The first kappa shape index (κ1) is 23.7. The number of hydrogen-bond donors (Lipinski definition) is 0. The molecule has 5 aliphatic rings. The zero-order chi connectivity index (χ0) is 19.8. The number of aliphatic imine (C=N–C) groups is 1. The van der Waals surface area contributed by atoms with Gasteiger partial charge in [0.1, 0.15) is 8.07 Å². The molecule has 3 heterocycles. The summed E-state index contributed by atoms with van der Waals surface area (Å²) in [4.78, 5) is 4.62. The largest absolute Gasteiger partial charge is 1.00 e. The van der Waals surface area contributed by atoms with Crippen LogP contribution >= 0.6 is 0 Å². The monoisotopic (exact) mass is 526 g/mol. The summed E-state index contributed by atoms with van der Waals surface area (Å²) >= 11 is 1.60. The zero-order valence-corrected chi connectivity index (χ0v) is 22.9. The maximum Gasteiger partial charge on any atom is 0.116 e. The van der Waals surface area contributed by atoms with Gasteiger partial charge in [-0.3, -0.25) is 4.99 Å². The smallest absolute Gasteiger partial charge is 0.116 e. The molecule has 0 amide bonds. The van der Waals surface area contributed by atoms with Crippen LogP contribution < -0.4 is 24.8 Å². The Morgan fingerprint density at radius 2 is 1.60 bits per heavy atom. The Morgan fingerprint density at radius 3 is 2.27 bits per heavy atom. The quantitative estimate of drug-likeness (QED) is 0.445. The Bertz CT molecular complexity index is 1230. The summed E-state index contributed by atoms with van der Waals surface area (Å²) in [6.07, 6.45) is 4.61. The molecule has 3 aliphatic heterocycles. The fourth-order valence-electron chi connectivity index (χ4n) is 5.35. The molecule has 7 rings (SSSR count). The molecule has 151 valence electrons. The molecule has 0 aromatic heterocycles. The van der Waals surface area contributed by atoms with Crippen molar-refractivity contribution in [3.63, 3.8) is 0 Å². The molecule has 1 atom stereocenters. The molecule has 0 saturated heterocycles. The molecule has 2 aliphatic carbocycles. The molecule has 5 heteroatoms. The molecule has 0 spiro atoms. The number of benzene rings is 2. The van der Waals surface area contributed by atoms with Crippen molar-refractivity contribution in [2.75, 3.05) is 0 Å². The van der Waals surface area contributed by atoms with Crippen LogP contribution in [0.15, 0.2) is 80.3 Å². The molecule has 0 fully saturated rings. The van der Waals surface area contributed by atoms with E-state index in [2.05, 4.69) is 87.4 Å². The SMILES string of the molecule is CC1=Cc2c(ccc3ccccc23)[CH]1[Zr+2].CC1=NC2=C3C(C)=C(C2=C1)[Si]3(C)C.[Cl-].[Cl-]. The molecule has 0 radical (unpaired) electrons. The summed E-state index contributed by atoms with van der Waals surface area (Å²) < 4.78 is 0.678. The number of allylic oxidation sites excluding steroid dienone is 5. The number of nitrogens with zero attached hydrogens (tertiary/aromatic N) is 1. The number of halogens is 2. The third-order valence-electron chi connectivity index (χ3n) is 6.55. The maximum atomic E-state index is 4.62. The van der Waals surface area contributed by atoms with Crippen molar-refractivity contribution in [2.45, 2.75) is 37.5 Å². The van der Waals surface area contributed by atoms with Crippen LogP contribution in [0.2, 0.25) is 13.1 Å². The van der Waals surface area contributed by atoms with Crippen LogP contribution in [0.5, 0.6) is 0 Å².